The summed E-state index contributed by atoms with van der Waals surface area (Å²) in [7, 11) is 0. The van der Waals surface area contributed by atoms with Gasteiger partial charge in [0.25, 0.3) is 0 Å². The Morgan fingerprint density at radius 2 is 1.67 bits per heavy atom. The molecule has 0 radical (unpaired) electrons. The lowest BCUT2D eigenvalue weighted by Gasteiger charge is -1.88. The van der Waals surface area contributed by atoms with Gasteiger partial charge in [0, 0.05) is 0 Å². The number of hydrogen-bond donors (Lipinski definition) is 4. The molecule has 0 fully saturated rings. The molecule has 50 valence electrons. The highest BCUT2D eigenvalue weighted by molar-refractivity contribution is 7.81. The van der Waals surface area contributed by atoms with E-state index in [1.165, 1.54) is 11.3 Å². The Morgan fingerprint density at radius 1 is 1.11 bits per heavy atom. The Labute approximate surface area is 62.2 Å². The molecular weight excluding hydrogens is 154 g/mol. The van der Waals surface area contributed by atoms with Crippen molar-refractivity contribution in [2.24, 2.45) is 0 Å². The zero-order valence-corrected chi connectivity index (χ0v) is 6.30. The molecule has 0 saturated heterocycles. The standard InChI is InChI=1S/C4H7N3S2/c5-1-2(8)4(7)9-3(1)6/h8H,5-7H2. The van der Waals surface area contributed by atoms with E-state index in [0.29, 0.717) is 20.6 Å². The Bertz CT molecular complexity index is 207. The molecule has 0 aliphatic carbocycles. The van der Waals surface area contributed by atoms with Gasteiger partial charge in [-0.3, -0.25) is 0 Å². The number of thiol groups is 1. The van der Waals surface area contributed by atoms with Crippen molar-refractivity contribution in [2.75, 3.05) is 17.2 Å². The Balaban J connectivity index is 3.29. The summed E-state index contributed by atoms with van der Waals surface area (Å²) in [6, 6.07) is 0. The van der Waals surface area contributed by atoms with Crippen molar-refractivity contribution in [1.29, 1.82) is 0 Å². The van der Waals surface area contributed by atoms with Gasteiger partial charge in [0.05, 0.1) is 10.6 Å². The molecule has 0 spiro atoms. The smallest absolute Gasteiger partial charge is 0.112 e. The Hall–Kier alpha value is -0.550. The topological polar surface area (TPSA) is 78.1 Å². The number of anilines is 3. The van der Waals surface area contributed by atoms with Crippen LogP contribution in [0.4, 0.5) is 15.7 Å². The highest BCUT2D eigenvalue weighted by atomic mass is 32.1. The van der Waals surface area contributed by atoms with Crippen LogP contribution in [-0.2, 0) is 0 Å². The van der Waals surface area contributed by atoms with E-state index in [0.717, 1.165) is 0 Å². The first kappa shape index (κ1) is 6.57. The van der Waals surface area contributed by atoms with Gasteiger partial charge in [-0.15, -0.1) is 12.6 Å². The minimum Gasteiger partial charge on any atom is -0.395 e. The highest BCUT2D eigenvalue weighted by Crippen LogP contribution is 2.37. The third-order valence-corrected chi connectivity index (χ3v) is 2.47. The third-order valence-electron chi connectivity index (χ3n) is 0.974. The van der Waals surface area contributed by atoms with Crippen molar-refractivity contribution in [1.82, 2.24) is 0 Å². The number of rotatable bonds is 0. The predicted molar refractivity (Wildman–Crippen MR) is 44.8 cm³/mol. The minimum absolute atomic E-state index is 0.487. The van der Waals surface area contributed by atoms with E-state index in [4.69, 9.17) is 17.2 Å². The lowest BCUT2D eigenvalue weighted by atomic mass is 10.5. The quantitative estimate of drug-likeness (QED) is 0.425. The molecule has 0 aromatic carbocycles. The van der Waals surface area contributed by atoms with Crippen LogP contribution in [0.15, 0.2) is 4.90 Å². The fourth-order valence-corrected chi connectivity index (χ4v) is 1.46. The average Bonchev–Trinajstić information content (AvgIpc) is 1.98. The fourth-order valence-electron chi connectivity index (χ4n) is 0.471. The molecule has 0 bridgehead atoms. The van der Waals surface area contributed by atoms with Gasteiger partial charge < -0.3 is 17.2 Å². The second-order valence-corrected chi connectivity index (χ2v) is 3.12. The summed E-state index contributed by atoms with van der Waals surface area (Å²) in [6.45, 7) is 0. The second-order valence-electron chi connectivity index (χ2n) is 1.59. The number of thiophene rings is 1. The Morgan fingerprint density at radius 3 is 1.78 bits per heavy atom. The molecule has 1 rings (SSSR count). The maximum Gasteiger partial charge on any atom is 0.112 e. The molecule has 1 aromatic rings. The fraction of sp³-hybridized carbons (Fsp3) is 0. The zero-order chi connectivity index (χ0) is 7.02. The molecule has 0 aliphatic heterocycles. The largest absolute Gasteiger partial charge is 0.395 e. The van der Waals surface area contributed by atoms with Gasteiger partial charge in [-0.05, 0) is 0 Å². The van der Waals surface area contributed by atoms with Gasteiger partial charge in [-0.2, -0.15) is 0 Å². The summed E-state index contributed by atoms with van der Waals surface area (Å²) in [4.78, 5) is 0.595. The van der Waals surface area contributed by atoms with E-state index >= 15 is 0 Å². The molecule has 5 heteroatoms. The van der Waals surface area contributed by atoms with Gasteiger partial charge in [0.1, 0.15) is 10.0 Å². The van der Waals surface area contributed by atoms with Crippen molar-refractivity contribution in [3.63, 3.8) is 0 Å². The highest BCUT2D eigenvalue weighted by Gasteiger charge is 2.06. The molecule has 3 nitrogen and oxygen atoms in total. The predicted octanol–water partition coefficient (Wildman–Crippen LogP) is 0.783. The lowest BCUT2D eigenvalue weighted by molar-refractivity contribution is 1.59. The van der Waals surface area contributed by atoms with Crippen LogP contribution >= 0.6 is 24.0 Å². The maximum absolute atomic E-state index is 5.43. The van der Waals surface area contributed by atoms with Gasteiger partial charge in [0.15, 0.2) is 0 Å². The van der Waals surface area contributed by atoms with E-state index in [1.807, 2.05) is 0 Å². The molecule has 0 unspecified atom stereocenters. The van der Waals surface area contributed by atoms with Crippen LogP contribution in [0.5, 0.6) is 0 Å². The van der Waals surface area contributed by atoms with Gasteiger partial charge >= 0.3 is 0 Å². The summed E-state index contributed by atoms with van der Waals surface area (Å²) in [5.41, 5.74) is 16.7. The van der Waals surface area contributed by atoms with Crippen LogP contribution in [0, 0.1) is 0 Å². The first-order chi connectivity index (χ1) is 4.13. The van der Waals surface area contributed by atoms with E-state index in [1.54, 1.807) is 0 Å². The summed E-state index contributed by atoms with van der Waals surface area (Å²) < 4.78 is 0. The number of hydrogen-bond acceptors (Lipinski definition) is 5. The van der Waals surface area contributed by atoms with Crippen LogP contribution in [0.1, 0.15) is 0 Å². The number of nitrogen functional groups attached to an aromatic ring is 3. The van der Waals surface area contributed by atoms with Gasteiger partial charge in [-0.1, -0.05) is 11.3 Å². The van der Waals surface area contributed by atoms with Gasteiger partial charge in [-0.25, -0.2) is 0 Å². The average molecular weight is 161 g/mol. The number of nitrogens with two attached hydrogens (primary N) is 3. The van der Waals surface area contributed by atoms with Crippen LogP contribution < -0.4 is 17.2 Å². The zero-order valence-electron chi connectivity index (χ0n) is 4.59. The van der Waals surface area contributed by atoms with Crippen LogP contribution in [-0.4, -0.2) is 0 Å². The summed E-state index contributed by atoms with van der Waals surface area (Å²) in [5, 5.41) is 1.12. The molecular formula is C4H7N3S2. The first-order valence-corrected chi connectivity index (χ1v) is 3.51. The SMILES string of the molecule is Nc1sc(N)c(S)c1N. The third kappa shape index (κ3) is 0.927. The molecule has 0 saturated carbocycles. The van der Waals surface area contributed by atoms with E-state index < -0.39 is 0 Å². The minimum atomic E-state index is 0.487. The van der Waals surface area contributed by atoms with Crippen molar-refractivity contribution in [3.05, 3.63) is 0 Å². The van der Waals surface area contributed by atoms with Crippen LogP contribution in [0.3, 0.4) is 0 Å². The maximum atomic E-state index is 5.43. The lowest BCUT2D eigenvalue weighted by Crippen LogP contribution is -1.88. The molecule has 6 N–H and O–H groups in total. The summed E-state index contributed by atoms with van der Waals surface area (Å²) in [5.74, 6) is 0. The van der Waals surface area contributed by atoms with Crippen molar-refractivity contribution in [3.8, 4) is 0 Å². The van der Waals surface area contributed by atoms with E-state index in [9.17, 15) is 0 Å². The van der Waals surface area contributed by atoms with Gasteiger partial charge in [0.2, 0.25) is 0 Å². The molecule has 0 atom stereocenters. The summed E-state index contributed by atoms with van der Waals surface area (Å²) >= 11 is 5.26. The molecule has 9 heavy (non-hydrogen) atoms. The second kappa shape index (κ2) is 2.00. The molecule has 1 heterocycles. The molecule has 0 amide bonds. The van der Waals surface area contributed by atoms with Crippen LogP contribution in [0.25, 0.3) is 0 Å². The monoisotopic (exact) mass is 161 g/mol. The normalized spacial score (nSPS) is 9.89. The molecule has 1 aromatic heterocycles. The van der Waals surface area contributed by atoms with Crippen molar-refractivity contribution in [2.45, 2.75) is 4.90 Å². The van der Waals surface area contributed by atoms with Crippen molar-refractivity contribution >= 4 is 39.7 Å². The molecule has 0 aliphatic rings. The summed E-state index contributed by atoms with van der Waals surface area (Å²) in [6.07, 6.45) is 0. The van der Waals surface area contributed by atoms with Crippen molar-refractivity contribution < 1.29 is 0 Å². The Kier molecular flexibility index (Phi) is 1.46. The van der Waals surface area contributed by atoms with Crippen LogP contribution in [0.2, 0.25) is 0 Å². The van der Waals surface area contributed by atoms with E-state index in [2.05, 4.69) is 12.6 Å². The van der Waals surface area contributed by atoms with E-state index in [-0.39, 0.29) is 0 Å². The first-order valence-electron chi connectivity index (χ1n) is 2.25.